The van der Waals surface area contributed by atoms with Gasteiger partial charge in [-0.2, -0.15) is 10.2 Å². The number of rotatable bonds is 7. The monoisotopic (exact) mass is 413 g/mol. The van der Waals surface area contributed by atoms with Gasteiger partial charge in [0, 0.05) is 17.8 Å². The Morgan fingerprint density at radius 1 is 1.24 bits per heavy atom. The zero-order chi connectivity index (χ0) is 20.8. The number of nitrogens with zero attached hydrogens (tertiary/aromatic N) is 4. The first-order chi connectivity index (χ1) is 14.0. The first-order valence-corrected chi connectivity index (χ1v) is 8.72. The van der Waals surface area contributed by atoms with Crippen molar-refractivity contribution in [2.45, 2.75) is 0 Å². The lowest BCUT2D eigenvalue weighted by molar-refractivity contribution is 0.193. The molecule has 0 aliphatic rings. The maximum atomic E-state index is 9.12. The number of aromatic nitrogens is 3. The van der Waals surface area contributed by atoms with Gasteiger partial charge in [0.2, 0.25) is 5.75 Å². The number of hydrogen-bond acceptors (Lipinski definition) is 9. The molecule has 3 aromatic rings. The molecule has 9 nitrogen and oxygen atoms in total. The zero-order valence-electron chi connectivity index (χ0n) is 15.3. The summed E-state index contributed by atoms with van der Waals surface area (Å²) in [7, 11) is 1.51. The van der Waals surface area contributed by atoms with Crippen LogP contribution in [0.2, 0.25) is 5.02 Å². The van der Waals surface area contributed by atoms with E-state index in [9.17, 15) is 0 Å². The van der Waals surface area contributed by atoms with Crippen molar-refractivity contribution in [3.63, 3.8) is 0 Å². The van der Waals surface area contributed by atoms with Crippen LogP contribution in [0.1, 0.15) is 5.69 Å². The number of nitrogens with two attached hydrogens (primary N) is 1. The van der Waals surface area contributed by atoms with Gasteiger partial charge in [-0.15, -0.1) is 0 Å². The molecule has 2 heterocycles. The summed E-state index contributed by atoms with van der Waals surface area (Å²) >= 11 is 6.19. The van der Waals surface area contributed by atoms with E-state index in [1.165, 1.54) is 19.4 Å². The van der Waals surface area contributed by atoms with Crippen molar-refractivity contribution >= 4 is 17.4 Å². The predicted molar refractivity (Wildman–Crippen MR) is 105 cm³/mol. The van der Waals surface area contributed by atoms with Crippen LogP contribution in [-0.4, -0.2) is 40.4 Å². The fraction of sp³-hybridized carbons (Fsp3) is 0.158. The van der Waals surface area contributed by atoms with Gasteiger partial charge in [0.05, 0.1) is 18.7 Å². The van der Waals surface area contributed by atoms with Crippen LogP contribution in [0, 0.1) is 11.3 Å². The Bertz CT molecular complexity index is 1070. The third kappa shape index (κ3) is 4.63. The number of anilines is 1. The molecular weight excluding hydrogens is 398 g/mol. The standard InChI is InChI=1S/C19H16ClN5O4/c1-27-13-2-3-14(20)15(9-13)29-16-17(22)24-18(25-19(16)28-7-6-26)11-4-5-23-12(8-11)10-21/h2-5,8-9,26H,6-7H2,1H3,(H2,22,24,25). The first-order valence-electron chi connectivity index (χ1n) is 8.34. The maximum Gasteiger partial charge on any atom is 0.263 e. The number of pyridine rings is 1. The van der Waals surface area contributed by atoms with Crippen LogP contribution < -0.4 is 19.9 Å². The number of nitriles is 1. The highest BCUT2D eigenvalue weighted by molar-refractivity contribution is 6.32. The Balaban J connectivity index is 2.06. The minimum Gasteiger partial charge on any atom is -0.497 e. The van der Waals surface area contributed by atoms with Crippen LogP contribution in [0.3, 0.4) is 0 Å². The molecule has 0 saturated carbocycles. The van der Waals surface area contributed by atoms with E-state index in [1.54, 1.807) is 24.3 Å². The molecule has 2 aromatic heterocycles. The Morgan fingerprint density at radius 3 is 2.79 bits per heavy atom. The number of methoxy groups -OCH3 is 1. The summed E-state index contributed by atoms with van der Waals surface area (Å²) in [5.41, 5.74) is 6.81. The van der Waals surface area contributed by atoms with Crippen molar-refractivity contribution in [3.05, 3.63) is 47.2 Å². The Kier molecular flexibility index (Phi) is 6.29. The predicted octanol–water partition coefficient (Wildman–Crippen LogP) is 2.82. The number of aliphatic hydroxyl groups is 1. The molecule has 0 fully saturated rings. The highest BCUT2D eigenvalue weighted by Crippen LogP contribution is 2.40. The molecule has 0 bridgehead atoms. The average molecular weight is 414 g/mol. The van der Waals surface area contributed by atoms with Crippen LogP contribution in [0.15, 0.2) is 36.5 Å². The lowest BCUT2D eigenvalue weighted by Crippen LogP contribution is -2.08. The van der Waals surface area contributed by atoms with Crippen LogP contribution in [-0.2, 0) is 0 Å². The molecule has 0 aliphatic carbocycles. The van der Waals surface area contributed by atoms with Crippen molar-refractivity contribution in [2.24, 2.45) is 0 Å². The number of nitrogen functional groups attached to an aromatic ring is 1. The van der Waals surface area contributed by atoms with Gasteiger partial charge in [-0.05, 0) is 24.3 Å². The minimum atomic E-state index is -0.244. The van der Waals surface area contributed by atoms with Gasteiger partial charge < -0.3 is 25.1 Å². The molecule has 0 spiro atoms. The molecule has 29 heavy (non-hydrogen) atoms. The molecule has 10 heteroatoms. The van der Waals surface area contributed by atoms with E-state index in [2.05, 4.69) is 15.0 Å². The molecule has 0 aliphatic heterocycles. The van der Waals surface area contributed by atoms with Crippen LogP contribution in [0.5, 0.6) is 23.1 Å². The van der Waals surface area contributed by atoms with Crippen molar-refractivity contribution < 1.29 is 19.3 Å². The third-order valence-electron chi connectivity index (χ3n) is 3.67. The van der Waals surface area contributed by atoms with Crippen molar-refractivity contribution in [1.29, 1.82) is 5.26 Å². The summed E-state index contributed by atoms with van der Waals surface area (Å²) in [6, 6.07) is 9.96. The smallest absolute Gasteiger partial charge is 0.263 e. The summed E-state index contributed by atoms with van der Waals surface area (Å²) in [5.74, 6) is 1.02. The van der Waals surface area contributed by atoms with E-state index in [0.29, 0.717) is 16.3 Å². The highest BCUT2D eigenvalue weighted by atomic mass is 35.5. The van der Waals surface area contributed by atoms with E-state index >= 15 is 0 Å². The summed E-state index contributed by atoms with van der Waals surface area (Å²) in [4.78, 5) is 12.5. The third-order valence-corrected chi connectivity index (χ3v) is 3.99. The lowest BCUT2D eigenvalue weighted by Gasteiger charge is -2.15. The molecule has 148 valence electrons. The van der Waals surface area contributed by atoms with Gasteiger partial charge in [-0.1, -0.05) is 11.6 Å². The molecule has 3 rings (SSSR count). The molecule has 0 amide bonds. The van der Waals surface area contributed by atoms with Gasteiger partial charge in [-0.3, -0.25) is 0 Å². The van der Waals surface area contributed by atoms with Gasteiger partial charge in [-0.25, -0.2) is 9.97 Å². The molecular formula is C19H16ClN5O4. The summed E-state index contributed by atoms with van der Waals surface area (Å²) in [5, 5.41) is 18.5. The summed E-state index contributed by atoms with van der Waals surface area (Å²) < 4.78 is 16.5. The van der Waals surface area contributed by atoms with E-state index in [4.69, 9.17) is 41.9 Å². The van der Waals surface area contributed by atoms with Crippen molar-refractivity contribution in [2.75, 3.05) is 26.1 Å². The van der Waals surface area contributed by atoms with E-state index in [-0.39, 0.29) is 47.9 Å². The van der Waals surface area contributed by atoms with E-state index in [0.717, 1.165) is 0 Å². The fourth-order valence-electron chi connectivity index (χ4n) is 2.34. The molecule has 3 N–H and O–H groups in total. The summed E-state index contributed by atoms with van der Waals surface area (Å²) in [6.07, 6.45) is 1.46. The average Bonchev–Trinajstić information content (AvgIpc) is 2.75. The fourth-order valence-corrected chi connectivity index (χ4v) is 2.50. The molecule has 0 atom stereocenters. The second-order valence-electron chi connectivity index (χ2n) is 5.58. The number of hydrogen-bond donors (Lipinski definition) is 2. The van der Waals surface area contributed by atoms with Crippen molar-refractivity contribution in [3.8, 4) is 40.6 Å². The molecule has 1 aromatic carbocycles. The first kappa shape index (κ1) is 20.1. The number of aliphatic hydroxyl groups excluding tert-OH is 1. The SMILES string of the molecule is COc1ccc(Cl)c(Oc2c(N)nc(-c3ccnc(C#N)c3)nc2OCCO)c1. The van der Waals surface area contributed by atoms with Gasteiger partial charge in [0.15, 0.2) is 11.6 Å². The summed E-state index contributed by atoms with van der Waals surface area (Å²) in [6.45, 7) is -0.287. The Morgan fingerprint density at radius 2 is 2.07 bits per heavy atom. The molecule has 0 saturated heterocycles. The highest BCUT2D eigenvalue weighted by Gasteiger charge is 2.19. The second kappa shape index (κ2) is 9.05. The normalized spacial score (nSPS) is 10.3. The maximum absolute atomic E-state index is 9.12. The minimum absolute atomic E-state index is 0.00996. The molecule has 0 unspecified atom stereocenters. The van der Waals surface area contributed by atoms with Gasteiger partial charge in [0.1, 0.15) is 29.9 Å². The van der Waals surface area contributed by atoms with Crippen LogP contribution in [0.25, 0.3) is 11.4 Å². The van der Waals surface area contributed by atoms with Crippen LogP contribution >= 0.6 is 11.6 Å². The van der Waals surface area contributed by atoms with Crippen molar-refractivity contribution in [1.82, 2.24) is 15.0 Å². The van der Waals surface area contributed by atoms with E-state index in [1.807, 2.05) is 6.07 Å². The quantitative estimate of drug-likeness (QED) is 0.598. The Labute approximate surface area is 171 Å². The van der Waals surface area contributed by atoms with E-state index < -0.39 is 0 Å². The van der Waals surface area contributed by atoms with Gasteiger partial charge >= 0.3 is 0 Å². The topological polar surface area (TPSA) is 136 Å². The second-order valence-corrected chi connectivity index (χ2v) is 5.99. The lowest BCUT2D eigenvalue weighted by atomic mass is 10.2. The zero-order valence-corrected chi connectivity index (χ0v) is 16.1. The van der Waals surface area contributed by atoms with Crippen LogP contribution in [0.4, 0.5) is 5.82 Å². The van der Waals surface area contributed by atoms with Gasteiger partial charge in [0.25, 0.3) is 5.88 Å². The number of halogens is 1. The number of benzene rings is 1. The number of ether oxygens (including phenoxy) is 3. The Hall–Kier alpha value is -3.61. The largest absolute Gasteiger partial charge is 0.497 e. The molecule has 0 radical (unpaired) electrons.